The highest BCUT2D eigenvalue weighted by molar-refractivity contribution is 7.92. The minimum atomic E-state index is -3.55. The van der Waals surface area contributed by atoms with E-state index in [0.29, 0.717) is 23.6 Å². The first kappa shape index (κ1) is 31.7. The first-order valence-corrected chi connectivity index (χ1v) is 16.7. The van der Waals surface area contributed by atoms with Crippen molar-refractivity contribution in [3.8, 4) is 17.3 Å². The number of aromatic nitrogens is 3. The van der Waals surface area contributed by atoms with Gasteiger partial charge in [0.05, 0.1) is 12.8 Å². The van der Waals surface area contributed by atoms with E-state index in [9.17, 15) is 18.0 Å². The van der Waals surface area contributed by atoms with Gasteiger partial charge in [0.2, 0.25) is 15.9 Å². The molecule has 0 spiro atoms. The third kappa shape index (κ3) is 7.17. The fourth-order valence-electron chi connectivity index (χ4n) is 5.73. The number of nitrogens with zero attached hydrogens (tertiary/aromatic N) is 6. The molecule has 2 aliphatic carbocycles. The molecule has 5 rings (SSSR count). The Morgan fingerprint density at radius 2 is 1.96 bits per heavy atom. The first-order valence-electron chi connectivity index (χ1n) is 14.8. The number of hydrazone groups is 2. The number of fused-ring (bicyclic) bond motifs is 1. The molecule has 2 atom stereocenters. The van der Waals surface area contributed by atoms with Gasteiger partial charge in [0.25, 0.3) is 5.69 Å². The normalized spacial score (nSPS) is 21.4. The average Bonchev–Trinajstić information content (AvgIpc) is 3.61. The van der Waals surface area contributed by atoms with Gasteiger partial charge in [-0.15, -0.1) is 0 Å². The van der Waals surface area contributed by atoms with E-state index in [-0.39, 0.29) is 46.5 Å². The van der Waals surface area contributed by atoms with Crippen molar-refractivity contribution < 1.29 is 27.5 Å². The Kier molecular flexibility index (Phi) is 8.96. The zero-order valence-corrected chi connectivity index (χ0v) is 26.6. The predicted molar refractivity (Wildman–Crippen MR) is 169 cm³/mol. The number of anilines is 1. The van der Waals surface area contributed by atoms with Crippen molar-refractivity contribution >= 4 is 51.0 Å². The number of sulfonamides is 1. The molecule has 2 aromatic heterocycles. The van der Waals surface area contributed by atoms with Crippen LogP contribution in [0.4, 0.5) is 16.2 Å². The first-order chi connectivity index (χ1) is 21.4. The molecule has 2 unspecified atom stereocenters. The summed E-state index contributed by atoms with van der Waals surface area (Å²) in [5.41, 5.74) is 1.12. The van der Waals surface area contributed by atoms with Crippen LogP contribution in [0.1, 0.15) is 70.2 Å². The van der Waals surface area contributed by atoms with Crippen molar-refractivity contribution in [2.24, 2.45) is 28.0 Å². The molecule has 2 N–H and O–H groups in total. The average molecular weight is 637 g/mol. The topological polar surface area (TPSA) is 164 Å². The summed E-state index contributed by atoms with van der Waals surface area (Å²) in [6.07, 6.45) is 4.98. The number of hydrogen-bond donors (Lipinski definition) is 2. The smallest absolute Gasteiger partial charge is 0.457 e. The highest BCUT2D eigenvalue weighted by atomic mass is 32.2. The zero-order chi connectivity index (χ0) is 32.5. The molecule has 45 heavy (non-hydrogen) atoms. The van der Waals surface area contributed by atoms with Gasteiger partial charge in [-0.05, 0) is 62.0 Å². The number of esters is 1. The lowest BCUT2D eigenvalue weighted by Gasteiger charge is -2.37. The second kappa shape index (κ2) is 12.7. The number of ether oxygens (including phenoxy) is 2. The van der Waals surface area contributed by atoms with Crippen molar-refractivity contribution in [2.75, 3.05) is 11.0 Å². The number of hydrogen-bond acceptors (Lipinski definition) is 9. The van der Waals surface area contributed by atoms with Crippen LogP contribution in [0.25, 0.3) is 21.9 Å². The van der Waals surface area contributed by atoms with Crippen molar-refractivity contribution in [3.63, 3.8) is 0 Å². The Morgan fingerprint density at radius 1 is 1.24 bits per heavy atom. The largest absolute Gasteiger partial charge is 0.459 e. The molecule has 15 heteroatoms. The van der Waals surface area contributed by atoms with Gasteiger partial charge in [-0.1, -0.05) is 44.9 Å². The Morgan fingerprint density at radius 3 is 2.58 bits per heavy atom. The second-order valence-electron chi connectivity index (χ2n) is 11.8. The summed E-state index contributed by atoms with van der Waals surface area (Å²) in [6, 6.07) is 6.45. The number of carbonyl (C=O) groups excluding carboxylic acids is 2. The number of rotatable bonds is 9. The third-order valence-electron chi connectivity index (χ3n) is 7.61. The van der Waals surface area contributed by atoms with E-state index in [1.165, 1.54) is 10.7 Å². The molecule has 0 bridgehead atoms. The van der Waals surface area contributed by atoms with Crippen LogP contribution in [0.15, 0.2) is 34.5 Å². The second-order valence-corrected chi connectivity index (χ2v) is 13.5. The summed E-state index contributed by atoms with van der Waals surface area (Å²) in [5, 5.41) is 12.1. The number of amides is 1. The maximum Gasteiger partial charge on any atom is 0.457 e. The Labute approximate surface area is 261 Å². The summed E-state index contributed by atoms with van der Waals surface area (Å²) in [4.78, 5) is 35.3. The van der Waals surface area contributed by atoms with E-state index >= 15 is 0 Å². The third-order valence-corrected chi connectivity index (χ3v) is 8.22. The van der Waals surface area contributed by atoms with Gasteiger partial charge in [-0.25, -0.2) is 32.4 Å². The van der Waals surface area contributed by atoms with Gasteiger partial charge in [-0.2, -0.15) is 10.2 Å². The summed E-state index contributed by atoms with van der Waals surface area (Å²) >= 11 is 0. The molecule has 3 aromatic rings. The Balaban J connectivity index is 1.59. The summed E-state index contributed by atoms with van der Waals surface area (Å²) in [6.45, 7) is 16.1. The van der Waals surface area contributed by atoms with Gasteiger partial charge in [0.1, 0.15) is 11.7 Å². The van der Waals surface area contributed by atoms with Crippen LogP contribution >= 0.6 is 0 Å². The van der Waals surface area contributed by atoms with Crippen LogP contribution < -0.4 is 9.46 Å². The van der Waals surface area contributed by atoms with E-state index < -0.39 is 22.1 Å². The SMILES string of the molecule is [C-]#[N+]c1c(C(=O)OC2C(C)CC(C)CC2C)c2nc(-c3cccc(NS(C)(=O)=O)c3)[nH]n2c1OC(=O)N(N=C1CC1)/N=C\CC. The van der Waals surface area contributed by atoms with Crippen LogP contribution in [-0.4, -0.2) is 64.5 Å². The fourth-order valence-corrected chi connectivity index (χ4v) is 6.28. The van der Waals surface area contributed by atoms with Crippen LogP contribution in [0.3, 0.4) is 0 Å². The Hall–Kier alpha value is -4.71. The Bertz CT molecular complexity index is 1820. The molecule has 1 aromatic carbocycles. The maximum atomic E-state index is 13.9. The van der Waals surface area contributed by atoms with Gasteiger partial charge in [-0.3, -0.25) is 9.82 Å². The van der Waals surface area contributed by atoms with E-state index in [4.69, 9.17) is 16.0 Å². The van der Waals surface area contributed by atoms with E-state index in [1.54, 1.807) is 24.3 Å². The molecule has 2 heterocycles. The lowest BCUT2D eigenvalue weighted by Crippen LogP contribution is -2.37. The maximum absolute atomic E-state index is 13.9. The molecular weight excluding hydrogens is 600 g/mol. The molecule has 0 saturated heterocycles. The number of H-pyrrole nitrogens is 1. The molecular formula is C30H36N8O6S. The molecule has 14 nitrogen and oxygen atoms in total. The fraction of sp³-hybridized carbons (Fsp3) is 0.467. The standard InChI is InChI=1S/C30H36N8O6S/c1-7-13-32-38(34-21-11-12-21)30(40)44-28-24(31-5)23(29(39)43-25-18(3)14-17(2)15-19(25)4)27-33-26(35-37(27)28)20-9-8-10-22(16-20)36-45(6,41)42/h8-10,13,16-19,25,36H,7,11-12,14-15H2,1-4,6H3,(H,33,35)/b32-13-. The highest BCUT2D eigenvalue weighted by Gasteiger charge is 2.38. The molecule has 2 saturated carbocycles. The van der Waals surface area contributed by atoms with Crippen LogP contribution in [0.5, 0.6) is 5.88 Å². The van der Waals surface area contributed by atoms with Gasteiger partial charge < -0.3 is 9.47 Å². The summed E-state index contributed by atoms with van der Waals surface area (Å²) in [5.74, 6) is -0.125. The number of aromatic amines is 1. The lowest BCUT2D eigenvalue weighted by atomic mass is 9.75. The van der Waals surface area contributed by atoms with Gasteiger partial charge >= 0.3 is 12.1 Å². The minimum absolute atomic E-state index is 0.00637. The molecule has 2 aliphatic rings. The lowest BCUT2D eigenvalue weighted by molar-refractivity contribution is -0.0249. The zero-order valence-electron chi connectivity index (χ0n) is 25.8. The van der Waals surface area contributed by atoms with Crippen LogP contribution in [-0.2, 0) is 14.8 Å². The quantitative estimate of drug-likeness (QED) is 0.129. The summed E-state index contributed by atoms with van der Waals surface area (Å²) < 4.78 is 39.0. The van der Waals surface area contributed by atoms with Crippen molar-refractivity contribution in [3.05, 3.63) is 41.2 Å². The number of benzene rings is 1. The van der Waals surface area contributed by atoms with E-state index in [0.717, 1.165) is 42.8 Å². The molecule has 0 aliphatic heterocycles. The van der Waals surface area contributed by atoms with Crippen molar-refractivity contribution in [2.45, 2.75) is 65.9 Å². The van der Waals surface area contributed by atoms with Crippen LogP contribution in [0.2, 0.25) is 0 Å². The highest BCUT2D eigenvalue weighted by Crippen LogP contribution is 2.41. The monoisotopic (exact) mass is 636 g/mol. The molecule has 238 valence electrons. The number of carbonyl (C=O) groups is 2. The van der Waals surface area contributed by atoms with Crippen molar-refractivity contribution in [1.82, 2.24) is 19.7 Å². The minimum Gasteiger partial charge on any atom is -0.459 e. The van der Waals surface area contributed by atoms with Crippen molar-refractivity contribution in [1.29, 1.82) is 0 Å². The predicted octanol–water partition coefficient (Wildman–Crippen LogP) is 5.83. The molecule has 0 radical (unpaired) electrons. The van der Waals surface area contributed by atoms with Gasteiger partial charge in [0.15, 0.2) is 11.5 Å². The molecule has 1 amide bonds. The summed E-state index contributed by atoms with van der Waals surface area (Å²) in [7, 11) is -3.55. The molecule has 2 fully saturated rings. The van der Waals surface area contributed by atoms with E-state index in [2.05, 4.69) is 36.8 Å². The number of nitrogens with one attached hydrogen (secondary N) is 2. The van der Waals surface area contributed by atoms with Gasteiger partial charge in [0, 0.05) is 23.2 Å². The van der Waals surface area contributed by atoms with E-state index in [1.807, 2.05) is 20.8 Å². The van der Waals surface area contributed by atoms with Crippen LogP contribution in [0, 0.1) is 24.3 Å².